The molecule has 106 valence electrons. The van der Waals surface area contributed by atoms with E-state index in [9.17, 15) is 0 Å². The second-order valence-corrected chi connectivity index (χ2v) is 6.67. The SMILES string of the molecule is C=C(Nc1ccc(C2=C(C)CCC23CC3)cn1)C(C)C. The lowest BCUT2D eigenvalue weighted by Gasteiger charge is -2.15. The summed E-state index contributed by atoms with van der Waals surface area (Å²) in [6.07, 6.45) is 7.37. The number of nitrogens with zero attached hydrogens (tertiary/aromatic N) is 1. The summed E-state index contributed by atoms with van der Waals surface area (Å²) in [5, 5.41) is 3.29. The van der Waals surface area contributed by atoms with Gasteiger partial charge in [-0.15, -0.1) is 0 Å². The van der Waals surface area contributed by atoms with Crippen molar-refractivity contribution in [2.75, 3.05) is 5.32 Å². The minimum Gasteiger partial charge on any atom is -0.344 e. The highest BCUT2D eigenvalue weighted by Crippen LogP contribution is 2.63. The first-order valence-electron chi connectivity index (χ1n) is 7.64. The summed E-state index contributed by atoms with van der Waals surface area (Å²) >= 11 is 0. The Kier molecular flexibility index (Phi) is 3.19. The fourth-order valence-corrected chi connectivity index (χ4v) is 3.26. The number of aromatic nitrogens is 1. The van der Waals surface area contributed by atoms with Crippen molar-refractivity contribution in [3.05, 3.63) is 41.7 Å². The maximum absolute atomic E-state index is 4.57. The molecule has 1 aromatic heterocycles. The maximum atomic E-state index is 4.57. The summed E-state index contributed by atoms with van der Waals surface area (Å²) in [6.45, 7) is 10.6. The standard InChI is InChI=1S/C18H24N2/c1-12(2)14(4)20-16-6-5-15(11-19-16)17-13(3)7-8-18(17)9-10-18/h5-6,11-12H,4,7-10H2,1-3H3,(H,19,20). The van der Waals surface area contributed by atoms with E-state index < -0.39 is 0 Å². The highest BCUT2D eigenvalue weighted by atomic mass is 15.0. The third-order valence-electron chi connectivity index (χ3n) is 4.83. The first-order valence-corrected chi connectivity index (χ1v) is 7.64. The number of anilines is 1. The first-order chi connectivity index (χ1) is 9.52. The second kappa shape index (κ2) is 4.76. The van der Waals surface area contributed by atoms with Crippen molar-refractivity contribution in [2.45, 2.75) is 46.5 Å². The molecule has 1 saturated carbocycles. The number of hydrogen-bond acceptors (Lipinski definition) is 2. The van der Waals surface area contributed by atoms with Gasteiger partial charge in [-0.25, -0.2) is 4.98 Å². The van der Waals surface area contributed by atoms with Gasteiger partial charge in [0, 0.05) is 11.9 Å². The van der Waals surface area contributed by atoms with E-state index in [1.54, 1.807) is 11.1 Å². The van der Waals surface area contributed by atoms with E-state index in [0.29, 0.717) is 11.3 Å². The van der Waals surface area contributed by atoms with Crippen LogP contribution in [-0.2, 0) is 0 Å². The summed E-state index contributed by atoms with van der Waals surface area (Å²) in [5.74, 6) is 1.32. The molecule has 2 aliphatic carbocycles. The molecule has 0 unspecified atom stereocenters. The molecule has 20 heavy (non-hydrogen) atoms. The predicted molar refractivity (Wildman–Crippen MR) is 85.3 cm³/mol. The van der Waals surface area contributed by atoms with Crippen LogP contribution in [0.15, 0.2) is 36.2 Å². The molecule has 0 bridgehead atoms. The zero-order valence-corrected chi connectivity index (χ0v) is 12.8. The molecule has 3 rings (SSSR count). The summed E-state index contributed by atoms with van der Waals surface area (Å²) in [6, 6.07) is 4.30. The zero-order chi connectivity index (χ0) is 14.3. The van der Waals surface area contributed by atoms with Crippen molar-refractivity contribution in [1.29, 1.82) is 0 Å². The van der Waals surface area contributed by atoms with E-state index in [1.807, 2.05) is 6.20 Å². The van der Waals surface area contributed by atoms with Gasteiger partial charge in [0.25, 0.3) is 0 Å². The number of pyridine rings is 1. The van der Waals surface area contributed by atoms with Gasteiger partial charge in [-0.3, -0.25) is 0 Å². The average Bonchev–Trinajstić information content (AvgIpc) is 3.11. The van der Waals surface area contributed by atoms with E-state index in [2.05, 4.69) is 49.8 Å². The van der Waals surface area contributed by atoms with E-state index in [-0.39, 0.29) is 0 Å². The molecular weight excluding hydrogens is 244 g/mol. The largest absolute Gasteiger partial charge is 0.344 e. The van der Waals surface area contributed by atoms with Crippen LogP contribution in [0, 0.1) is 11.3 Å². The third-order valence-corrected chi connectivity index (χ3v) is 4.83. The van der Waals surface area contributed by atoms with Crippen molar-refractivity contribution < 1.29 is 0 Å². The van der Waals surface area contributed by atoms with Crippen LogP contribution in [0.25, 0.3) is 5.57 Å². The Bertz CT molecular complexity index is 560. The summed E-state index contributed by atoms with van der Waals surface area (Å²) in [7, 11) is 0. The molecule has 2 heteroatoms. The Labute approximate surface area is 122 Å². The Morgan fingerprint density at radius 2 is 2.05 bits per heavy atom. The Hall–Kier alpha value is -1.57. The lowest BCUT2D eigenvalue weighted by Crippen LogP contribution is -2.06. The molecule has 2 nitrogen and oxygen atoms in total. The van der Waals surface area contributed by atoms with Crippen molar-refractivity contribution in [1.82, 2.24) is 4.98 Å². The van der Waals surface area contributed by atoms with Crippen molar-refractivity contribution >= 4 is 11.4 Å². The smallest absolute Gasteiger partial charge is 0.130 e. The highest BCUT2D eigenvalue weighted by Gasteiger charge is 2.49. The van der Waals surface area contributed by atoms with Gasteiger partial charge in [-0.2, -0.15) is 0 Å². The van der Waals surface area contributed by atoms with E-state index in [0.717, 1.165) is 11.5 Å². The number of allylic oxidation sites excluding steroid dienone is 3. The van der Waals surface area contributed by atoms with Gasteiger partial charge in [-0.1, -0.05) is 26.0 Å². The topological polar surface area (TPSA) is 24.9 Å². The fraction of sp³-hybridized carbons (Fsp3) is 0.500. The zero-order valence-electron chi connectivity index (χ0n) is 12.8. The van der Waals surface area contributed by atoms with Crippen molar-refractivity contribution in [3.63, 3.8) is 0 Å². The van der Waals surface area contributed by atoms with Gasteiger partial charge in [0.05, 0.1) is 0 Å². The minimum absolute atomic E-state index is 0.422. The first kappa shape index (κ1) is 13.4. The monoisotopic (exact) mass is 268 g/mol. The van der Waals surface area contributed by atoms with Gasteiger partial charge >= 0.3 is 0 Å². The van der Waals surface area contributed by atoms with E-state index >= 15 is 0 Å². The third kappa shape index (κ3) is 2.28. The van der Waals surface area contributed by atoms with Crippen LogP contribution < -0.4 is 5.32 Å². The molecule has 0 saturated heterocycles. The predicted octanol–water partition coefficient (Wildman–Crippen LogP) is 5.01. The minimum atomic E-state index is 0.422. The molecule has 2 aliphatic rings. The molecule has 0 amide bonds. The molecule has 0 aliphatic heterocycles. The maximum Gasteiger partial charge on any atom is 0.130 e. The summed E-state index contributed by atoms with van der Waals surface area (Å²) < 4.78 is 0. The van der Waals surface area contributed by atoms with Crippen LogP contribution in [0.4, 0.5) is 5.82 Å². The number of rotatable bonds is 4. The lowest BCUT2D eigenvalue weighted by atomic mass is 9.92. The van der Waals surface area contributed by atoms with Crippen LogP contribution in [0.2, 0.25) is 0 Å². The van der Waals surface area contributed by atoms with Crippen LogP contribution in [0.5, 0.6) is 0 Å². The van der Waals surface area contributed by atoms with E-state index in [1.165, 1.54) is 31.2 Å². The van der Waals surface area contributed by atoms with Gasteiger partial charge in [0.2, 0.25) is 0 Å². The Morgan fingerprint density at radius 3 is 2.60 bits per heavy atom. The molecule has 1 heterocycles. The highest BCUT2D eigenvalue weighted by molar-refractivity contribution is 5.77. The average molecular weight is 268 g/mol. The van der Waals surface area contributed by atoms with E-state index in [4.69, 9.17) is 0 Å². The molecule has 1 aromatic rings. The van der Waals surface area contributed by atoms with Crippen LogP contribution >= 0.6 is 0 Å². The van der Waals surface area contributed by atoms with Gasteiger partial charge < -0.3 is 5.32 Å². The molecular formula is C18H24N2. The van der Waals surface area contributed by atoms with Crippen LogP contribution in [0.1, 0.15) is 52.0 Å². The second-order valence-electron chi connectivity index (χ2n) is 6.67. The fourth-order valence-electron chi connectivity index (χ4n) is 3.26. The van der Waals surface area contributed by atoms with Crippen molar-refractivity contribution in [2.24, 2.45) is 11.3 Å². The van der Waals surface area contributed by atoms with Gasteiger partial charge in [0.15, 0.2) is 0 Å². The van der Waals surface area contributed by atoms with Crippen LogP contribution in [0.3, 0.4) is 0 Å². The van der Waals surface area contributed by atoms with Gasteiger partial charge in [-0.05, 0) is 67.2 Å². The van der Waals surface area contributed by atoms with Crippen LogP contribution in [-0.4, -0.2) is 4.98 Å². The number of nitrogens with one attached hydrogen (secondary N) is 1. The molecule has 0 radical (unpaired) electrons. The molecule has 1 N–H and O–H groups in total. The summed E-state index contributed by atoms with van der Waals surface area (Å²) in [4.78, 5) is 4.57. The quantitative estimate of drug-likeness (QED) is 0.830. The number of hydrogen-bond donors (Lipinski definition) is 1. The molecule has 1 spiro atoms. The van der Waals surface area contributed by atoms with Gasteiger partial charge in [0.1, 0.15) is 5.82 Å². The Balaban J connectivity index is 1.80. The normalized spacial score (nSPS) is 19.8. The summed E-state index contributed by atoms with van der Waals surface area (Å²) in [5.41, 5.74) is 6.00. The lowest BCUT2D eigenvalue weighted by molar-refractivity contribution is 0.644. The molecule has 0 atom stereocenters. The molecule has 1 fully saturated rings. The van der Waals surface area contributed by atoms with Crippen molar-refractivity contribution in [3.8, 4) is 0 Å². The Morgan fingerprint density at radius 1 is 1.30 bits per heavy atom. The molecule has 0 aromatic carbocycles.